The number of amides is 1. The Morgan fingerprint density at radius 2 is 2.12 bits per heavy atom. The molecule has 2 N–H and O–H groups in total. The number of hydrogen-bond donors (Lipinski definition) is 2. The highest BCUT2D eigenvalue weighted by atomic mass is 35.5. The normalized spacial score (nSPS) is 20.2. The molecule has 1 aliphatic carbocycles. The molecule has 1 aromatic heterocycles. The van der Waals surface area contributed by atoms with E-state index in [1.54, 1.807) is 16.8 Å². The summed E-state index contributed by atoms with van der Waals surface area (Å²) in [5.74, 6) is 0.261. The Bertz CT molecular complexity index is 845. The molecule has 26 heavy (non-hydrogen) atoms. The summed E-state index contributed by atoms with van der Waals surface area (Å²) in [6.45, 7) is 2.47. The van der Waals surface area contributed by atoms with Crippen LogP contribution in [0.5, 0.6) is 0 Å². The molecule has 0 bridgehead atoms. The van der Waals surface area contributed by atoms with E-state index in [0.717, 1.165) is 43.6 Å². The smallest absolute Gasteiger partial charge is 0.326 e. The largest absolute Gasteiger partial charge is 0.347 e. The van der Waals surface area contributed by atoms with Gasteiger partial charge in [-0.25, -0.2) is 9.78 Å². The monoisotopic (exact) mass is 374 g/mol. The molecule has 7 heteroatoms. The van der Waals surface area contributed by atoms with Crippen LogP contribution in [-0.2, 0) is 11.3 Å². The Hall–Kier alpha value is -2.18. The van der Waals surface area contributed by atoms with Gasteiger partial charge in [0.15, 0.2) is 0 Å². The van der Waals surface area contributed by atoms with Gasteiger partial charge in [0, 0.05) is 24.0 Å². The lowest BCUT2D eigenvalue weighted by atomic mass is 9.92. The third kappa shape index (κ3) is 3.81. The van der Waals surface area contributed by atoms with E-state index in [-0.39, 0.29) is 35.3 Å². The van der Waals surface area contributed by atoms with Crippen molar-refractivity contribution in [1.82, 2.24) is 14.9 Å². The molecule has 1 saturated heterocycles. The molecule has 1 saturated carbocycles. The van der Waals surface area contributed by atoms with Crippen LogP contribution in [0.15, 0.2) is 47.5 Å². The zero-order chi connectivity index (χ0) is 17.3. The van der Waals surface area contributed by atoms with E-state index < -0.39 is 0 Å². The van der Waals surface area contributed by atoms with Crippen LogP contribution in [-0.4, -0.2) is 28.5 Å². The maximum absolute atomic E-state index is 12.6. The summed E-state index contributed by atoms with van der Waals surface area (Å²) in [5.41, 5.74) is 1.70. The lowest BCUT2D eigenvalue weighted by Gasteiger charge is -2.23. The van der Waals surface area contributed by atoms with Crippen LogP contribution in [0.25, 0.3) is 0 Å². The average molecular weight is 375 g/mol. The van der Waals surface area contributed by atoms with Gasteiger partial charge in [0.25, 0.3) is 0 Å². The van der Waals surface area contributed by atoms with E-state index in [1.165, 1.54) is 6.20 Å². The van der Waals surface area contributed by atoms with Gasteiger partial charge < -0.3 is 10.6 Å². The number of aromatic nitrogens is 2. The molecule has 0 radical (unpaired) electrons. The fourth-order valence-electron chi connectivity index (χ4n) is 3.88. The van der Waals surface area contributed by atoms with Crippen LogP contribution < -0.4 is 16.3 Å². The van der Waals surface area contributed by atoms with Crippen LogP contribution in [0.2, 0.25) is 0 Å². The Labute approximate surface area is 158 Å². The third-order valence-corrected chi connectivity index (χ3v) is 5.44. The first-order chi connectivity index (χ1) is 12.2. The first-order valence-corrected chi connectivity index (χ1v) is 8.78. The Kier molecular flexibility index (Phi) is 5.44. The molecule has 2 fully saturated rings. The van der Waals surface area contributed by atoms with Gasteiger partial charge in [-0.15, -0.1) is 12.4 Å². The number of hydrogen-bond acceptors (Lipinski definition) is 4. The van der Waals surface area contributed by atoms with Crippen molar-refractivity contribution in [3.05, 3.63) is 58.8 Å². The number of rotatable bonds is 4. The van der Waals surface area contributed by atoms with E-state index in [1.807, 2.05) is 24.3 Å². The van der Waals surface area contributed by atoms with E-state index in [2.05, 4.69) is 15.6 Å². The molecule has 1 spiro atoms. The van der Waals surface area contributed by atoms with E-state index in [9.17, 15) is 9.59 Å². The van der Waals surface area contributed by atoms with E-state index in [0.29, 0.717) is 6.54 Å². The predicted octanol–water partition coefficient (Wildman–Crippen LogP) is 2.04. The van der Waals surface area contributed by atoms with Crippen LogP contribution in [0, 0.1) is 11.3 Å². The van der Waals surface area contributed by atoms with Crippen LogP contribution in [0.3, 0.4) is 0 Å². The molecular weight excluding hydrogens is 352 g/mol. The molecule has 1 amide bonds. The van der Waals surface area contributed by atoms with Crippen molar-refractivity contribution in [3.63, 3.8) is 0 Å². The molecule has 138 valence electrons. The standard InChI is InChI=1S/C19H22N4O2.ClH/c24-17(16-12-19(16)5-8-20-9-6-19)22-15-4-1-3-14(11-15)13-23-10-2-7-21-18(23)25;/h1-4,7,10-11,16,20H,5-6,8-9,12-13H2,(H,22,24);1H. The number of nitrogens with zero attached hydrogens (tertiary/aromatic N) is 2. The molecule has 2 aliphatic rings. The quantitative estimate of drug-likeness (QED) is 0.858. The van der Waals surface area contributed by atoms with Gasteiger partial charge in [-0.1, -0.05) is 12.1 Å². The van der Waals surface area contributed by atoms with E-state index in [4.69, 9.17) is 0 Å². The molecule has 1 aliphatic heterocycles. The van der Waals surface area contributed by atoms with Gasteiger partial charge in [0.1, 0.15) is 0 Å². The highest BCUT2D eigenvalue weighted by Crippen LogP contribution is 2.58. The summed E-state index contributed by atoms with van der Waals surface area (Å²) in [4.78, 5) is 28.1. The predicted molar refractivity (Wildman–Crippen MR) is 103 cm³/mol. The second-order valence-corrected chi connectivity index (χ2v) is 7.09. The first-order valence-electron chi connectivity index (χ1n) is 8.78. The van der Waals surface area contributed by atoms with Crippen molar-refractivity contribution in [2.24, 2.45) is 11.3 Å². The Morgan fingerprint density at radius 3 is 2.88 bits per heavy atom. The minimum atomic E-state index is -0.275. The number of piperidine rings is 1. The maximum atomic E-state index is 12.6. The summed E-state index contributed by atoms with van der Waals surface area (Å²) in [6.07, 6.45) is 6.39. The molecule has 1 aromatic carbocycles. The van der Waals surface area contributed by atoms with Crippen molar-refractivity contribution in [2.75, 3.05) is 18.4 Å². The van der Waals surface area contributed by atoms with Gasteiger partial charge in [-0.2, -0.15) is 0 Å². The first kappa shape index (κ1) is 18.6. The van der Waals surface area contributed by atoms with Gasteiger partial charge in [-0.05, 0) is 61.5 Å². The molecule has 1 atom stereocenters. The fourth-order valence-corrected chi connectivity index (χ4v) is 3.88. The van der Waals surface area contributed by atoms with Crippen molar-refractivity contribution in [1.29, 1.82) is 0 Å². The Morgan fingerprint density at radius 1 is 1.31 bits per heavy atom. The molecular formula is C19H23ClN4O2. The summed E-state index contributed by atoms with van der Waals surface area (Å²) in [7, 11) is 0. The van der Waals surface area contributed by atoms with Crippen molar-refractivity contribution < 1.29 is 4.79 Å². The number of carbonyl (C=O) groups is 1. The van der Waals surface area contributed by atoms with Crippen LogP contribution in [0.4, 0.5) is 5.69 Å². The highest BCUT2D eigenvalue weighted by Gasteiger charge is 2.57. The summed E-state index contributed by atoms with van der Waals surface area (Å²) >= 11 is 0. The van der Waals surface area contributed by atoms with Gasteiger partial charge in [0.05, 0.1) is 6.54 Å². The Balaban J connectivity index is 0.00000196. The number of halogens is 1. The summed E-state index contributed by atoms with van der Waals surface area (Å²) in [5, 5.41) is 6.41. The minimum Gasteiger partial charge on any atom is -0.326 e. The van der Waals surface area contributed by atoms with Crippen LogP contribution >= 0.6 is 12.4 Å². The summed E-state index contributed by atoms with van der Waals surface area (Å²) in [6, 6.07) is 9.40. The third-order valence-electron chi connectivity index (χ3n) is 5.44. The molecule has 6 nitrogen and oxygen atoms in total. The molecule has 4 rings (SSSR count). The molecule has 2 aromatic rings. The number of carbonyl (C=O) groups excluding carboxylic acids is 1. The number of benzene rings is 1. The SMILES string of the molecule is Cl.O=C(Nc1cccc(Cn2cccnc2=O)c1)C1CC12CCNCC2. The second-order valence-electron chi connectivity index (χ2n) is 7.09. The average Bonchev–Trinajstić information content (AvgIpc) is 3.31. The lowest BCUT2D eigenvalue weighted by Crippen LogP contribution is -2.31. The fraction of sp³-hybridized carbons (Fsp3) is 0.421. The van der Waals surface area contributed by atoms with Gasteiger partial charge >= 0.3 is 5.69 Å². The van der Waals surface area contributed by atoms with Gasteiger partial charge in [0.2, 0.25) is 5.91 Å². The minimum absolute atomic E-state index is 0. The molecule has 1 unspecified atom stereocenters. The van der Waals surface area contributed by atoms with E-state index >= 15 is 0 Å². The zero-order valence-electron chi connectivity index (χ0n) is 14.5. The second kappa shape index (κ2) is 7.60. The van der Waals surface area contributed by atoms with Crippen LogP contribution in [0.1, 0.15) is 24.8 Å². The topological polar surface area (TPSA) is 76.0 Å². The summed E-state index contributed by atoms with van der Waals surface area (Å²) < 4.78 is 1.55. The maximum Gasteiger partial charge on any atom is 0.347 e. The van der Waals surface area contributed by atoms with Crippen molar-refractivity contribution in [2.45, 2.75) is 25.8 Å². The number of nitrogens with one attached hydrogen (secondary N) is 2. The van der Waals surface area contributed by atoms with Crippen molar-refractivity contribution in [3.8, 4) is 0 Å². The zero-order valence-corrected chi connectivity index (χ0v) is 15.3. The van der Waals surface area contributed by atoms with Gasteiger partial charge in [-0.3, -0.25) is 9.36 Å². The molecule has 2 heterocycles. The number of anilines is 1. The highest BCUT2D eigenvalue weighted by molar-refractivity contribution is 5.95. The van der Waals surface area contributed by atoms with Crippen molar-refractivity contribution >= 4 is 24.0 Å². The lowest BCUT2D eigenvalue weighted by molar-refractivity contribution is -0.118.